The number of rotatable bonds is 12. The zero-order valence-electron chi connectivity index (χ0n) is 33.2. The van der Waals surface area contributed by atoms with Crippen molar-refractivity contribution in [3.05, 3.63) is 42.4 Å². The van der Waals surface area contributed by atoms with Gasteiger partial charge in [-0.15, -0.1) is 0 Å². The molecule has 6 rings (SSSR count). The summed E-state index contributed by atoms with van der Waals surface area (Å²) in [5.74, 6) is 0.529. The Balaban J connectivity index is 1.34. The van der Waals surface area contributed by atoms with Crippen LogP contribution in [0.3, 0.4) is 0 Å². The molecule has 2 atom stereocenters. The summed E-state index contributed by atoms with van der Waals surface area (Å²) >= 11 is 0. The van der Waals surface area contributed by atoms with Crippen LogP contribution < -0.4 is 10.1 Å². The fourth-order valence-electron chi connectivity index (χ4n) is 6.24. The molecule has 1 saturated heterocycles. The van der Waals surface area contributed by atoms with E-state index in [0.29, 0.717) is 42.7 Å². The Morgan fingerprint density at radius 3 is 2.52 bits per heavy atom. The first-order valence-corrected chi connectivity index (χ1v) is 21.6. The Kier molecular flexibility index (Phi) is 11.1. The molecule has 0 aliphatic carbocycles. The first-order valence-electron chi connectivity index (χ1n) is 18.7. The summed E-state index contributed by atoms with van der Waals surface area (Å²) in [4.78, 5) is 29.8. The van der Waals surface area contributed by atoms with Crippen molar-refractivity contribution in [2.45, 2.75) is 110 Å². The molecule has 5 heterocycles. The van der Waals surface area contributed by atoms with Gasteiger partial charge in [-0.05, 0) is 83.3 Å². The molecule has 1 aliphatic rings. The number of nitrogens with one attached hydrogen (secondary N) is 1. The maximum absolute atomic E-state index is 12.5. The highest BCUT2D eigenvalue weighted by molar-refractivity contribution is 6.74. The third kappa shape index (κ3) is 8.37. The van der Waals surface area contributed by atoms with E-state index in [9.17, 15) is 9.59 Å². The van der Waals surface area contributed by atoms with E-state index in [1.54, 1.807) is 21.8 Å². The lowest BCUT2D eigenvalue weighted by molar-refractivity contribution is -0.0368. The van der Waals surface area contributed by atoms with Gasteiger partial charge in [0.2, 0.25) is 5.88 Å². The Morgan fingerprint density at radius 1 is 1.07 bits per heavy atom. The van der Waals surface area contributed by atoms with Crippen LogP contribution in [-0.4, -0.2) is 86.5 Å². The van der Waals surface area contributed by atoms with Gasteiger partial charge in [-0.1, -0.05) is 26.8 Å². The fourth-order valence-corrected chi connectivity index (χ4v) is 7.27. The molecule has 1 aromatic carbocycles. The van der Waals surface area contributed by atoms with E-state index < -0.39 is 20.0 Å². The molecular formula is C39H54N8O6Si. The van der Waals surface area contributed by atoms with Crippen molar-refractivity contribution in [3.63, 3.8) is 0 Å². The summed E-state index contributed by atoms with van der Waals surface area (Å²) in [5, 5.41) is 18.8. The Hall–Kier alpha value is -4.60. The second-order valence-electron chi connectivity index (χ2n) is 16.6. The van der Waals surface area contributed by atoms with Crippen LogP contribution in [0.5, 0.6) is 5.88 Å². The van der Waals surface area contributed by atoms with Crippen molar-refractivity contribution < 1.29 is 28.2 Å². The molecule has 0 spiro atoms. The third-order valence-corrected chi connectivity index (χ3v) is 14.7. The number of ether oxygens (including phenoxy) is 3. The quantitative estimate of drug-likeness (QED) is 0.0992. The highest BCUT2D eigenvalue weighted by Gasteiger charge is 2.37. The van der Waals surface area contributed by atoms with E-state index in [4.69, 9.17) is 33.8 Å². The number of hydrogen-bond acceptors (Lipinski definition) is 10. The third-order valence-electron chi connectivity index (χ3n) is 10.2. The van der Waals surface area contributed by atoms with E-state index >= 15 is 0 Å². The number of benzene rings is 1. The summed E-state index contributed by atoms with van der Waals surface area (Å²) in [6.45, 7) is 20.2. The fraction of sp³-hybridized carbons (Fsp3) is 0.538. The number of hydrogen-bond donors (Lipinski definition) is 1. The molecule has 1 aliphatic heterocycles. The van der Waals surface area contributed by atoms with Crippen molar-refractivity contribution in [2.75, 3.05) is 19.8 Å². The van der Waals surface area contributed by atoms with Crippen LogP contribution in [0.4, 0.5) is 4.79 Å². The van der Waals surface area contributed by atoms with E-state index in [2.05, 4.69) is 44.3 Å². The summed E-state index contributed by atoms with van der Waals surface area (Å²) < 4.78 is 29.6. The number of aldehydes is 1. The number of carbonyl (C=O) groups is 2. The predicted molar refractivity (Wildman–Crippen MR) is 210 cm³/mol. The van der Waals surface area contributed by atoms with Crippen LogP contribution in [-0.2, 0) is 27.5 Å². The zero-order chi connectivity index (χ0) is 39.0. The molecule has 4 aromatic heterocycles. The summed E-state index contributed by atoms with van der Waals surface area (Å²) in [5.41, 5.74) is 4.37. The summed E-state index contributed by atoms with van der Waals surface area (Å²) in [6.07, 6.45) is 6.13. The number of alkyl carbamates (subject to hydrolysis) is 1. The number of nitrogens with zero attached hydrogens (tertiary/aromatic N) is 7. The number of carbonyl (C=O) groups excluding carboxylic acids is 2. The summed E-state index contributed by atoms with van der Waals surface area (Å²) in [6, 6.07) is 7.94. The van der Waals surface area contributed by atoms with E-state index in [0.717, 1.165) is 58.5 Å². The van der Waals surface area contributed by atoms with Gasteiger partial charge in [0.25, 0.3) is 0 Å². The van der Waals surface area contributed by atoms with Gasteiger partial charge >= 0.3 is 6.09 Å². The monoisotopic (exact) mass is 758 g/mol. The molecule has 15 heteroatoms. The number of aromatic nitrogens is 7. The van der Waals surface area contributed by atoms with Crippen LogP contribution in [0.25, 0.3) is 44.3 Å². The second-order valence-corrected chi connectivity index (χ2v) is 21.4. The van der Waals surface area contributed by atoms with Gasteiger partial charge in [-0.25, -0.2) is 19.1 Å². The topological polar surface area (TPSA) is 149 Å². The van der Waals surface area contributed by atoms with Gasteiger partial charge in [0, 0.05) is 41.8 Å². The van der Waals surface area contributed by atoms with Gasteiger partial charge in [-0.2, -0.15) is 15.3 Å². The molecular weight excluding hydrogens is 705 g/mol. The minimum Gasteiger partial charge on any atom is -0.472 e. The normalized spacial score (nSPS) is 16.1. The van der Waals surface area contributed by atoms with Gasteiger partial charge in [0.05, 0.1) is 37.0 Å². The molecule has 1 amide bonds. The zero-order valence-corrected chi connectivity index (χ0v) is 34.2. The van der Waals surface area contributed by atoms with Gasteiger partial charge in [0.15, 0.2) is 26.5 Å². The number of aryl methyl sites for hydroxylation is 1. The van der Waals surface area contributed by atoms with Crippen molar-refractivity contribution in [2.24, 2.45) is 7.05 Å². The van der Waals surface area contributed by atoms with E-state index in [1.807, 2.05) is 63.7 Å². The molecule has 14 nitrogen and oxygen atoms in total. The van der Waals surface area contributed by atoms with Crippen LogP contribution in [0.15, 0.2) is 36.7 Å². The van der Waals surface area contributed by atoms with E-state index in [1.165, 1.54) is 0 Å². The van der Waals surface area contributed by atoms with Crippen LogP contribution in [0.2, 0.25) is 18.1 Å². The Labute approximate surface area is 317 Å². The van der Waals surface area contributed by atoms with Crippen LogP contribution >= 0.6 is 0 Å². The van der Waals surface area contributed by atoms with Crippen molar-refractivity contribution in [3.8, 4) is 28.3 Å². The second kappa shape index (κ2) is 15.3. The van der Waals surface area contributed by atoms with Crippen molar-refractivity contribution in [1.82, 2.24) is 39.6 Å². The van der Waals surface area contributed by atoms with Gasteiger partial charge in [0.1, 0.15) is 23.1 Å². The SMILES string of the molecule is C[C@@H](CNC(=O)OC(C)(C)C)Oc1c(-c2cnc3c(c2)c(-c2ccc4nn(CCO[Si](C)(C)C(C)(C)C)c(C=O)c4c2)nn3C2CCCCO2)cnn1C. The lowest BCUT2D eigenvalue weighted by Crippen LogP contribution is -2.41. The first kappa shape index (κ1) is 39.1. The molecule has 0 saturated carbocycles. The van der Waals surface area contributed by atoms with Gasteiger partial charge < -0.3 is 24.0 Å². The lowest BCUT2D eigenvalue weighted by atomic mass is 10.0. The smallest absolute Gasteiger partial charge is 0.407 e. The molecule has 1 unspecified atom stereocenters. The first-order chi connectivity index (χ1) is 25.5. The molecule has 5 aromatic rings. The van der Waals surface area contributed by atoms with Crippen molar-refractivity contribution in [1.29, 1.82) is 0 Å². The standard InChI is InChI=1S/C39H54N8O6Si/c1-25(21-41-37(49)53-38(2,3)4)52-36-30(23-42-45(36)8)27-20-29-34(44-47(35(29)40-22-27)33-13-11-12-17-50-33)26-14-15-31-28(19-26)32(24-48)46(43-31)16-18-51-54(9,10)39(5,6)7/h14-15,19-20,22-25,33H,11-13,16-18,21H2,1-10H3,(H,41,49)/t25-,33?/m0/s1. The Bertz CT molecular complexity index is 2130. The maximum Gasteiger partial charge on any atom is 0.407 e. The van der Waals surface area contributed by atoms with Crippen LogP contribution in [0, 0.1) is 0 Å². The number of fused-ring (bicyclic) bond motifs is 2. The minimum absolute atomic E-state index is 0.0819. The summed E-state index contributed by atoms with van der Waals surface area (Å²) in [7, 11) is -0.153. The molecule has 0 radical (unpaired) electrons. The average molecular weight is 759 g/mol. The largest absolute Gasteiger partial charge is 0.472 e. The molecule has 0 bridgehead atoms. The number of pyridine rings is 1. The Morgan fingerprint density at radius 2 is 1.83 bits per heavy atom. The molecule has 54 heavy (non-hydrogen) atoms. The minimum atomic E-state index is -1.96. The maximum atomic E-state index is 12.5. The van der Waals surface area contributed by atoms with Crippen molar-refractivity contribution >= 4 is 42.6 Å². The molecule has 290 valence electrons. The van der Waals surface area contributed by atoms with Gasteiger partial charge in [-0.3, -0.25) is 9.48 Å². The molecule has 1 N–H and O–H groups in total. The average Bonchev–Trinajstić information content (AvgIpc) is 3.78. The predicted octanol–water partition coefficient (Wildman–Crippen LogP) is 7.67. The molecule has 1 fully saturated rings. The van der Waals surface area contributed by atoms with Crippen LogP contribution in [0.1, 0.15) is 84.4 Å². The highest BCUT2D eigenvalue weighted by atomic mass is 28.4. The highest BCUT2D eigenvalue weighted by Crippen LogP contribution is 2.38. The number of amides is 1. The lowest BCUT2D eigenvalue weighted by Gasteiger charge is -2.36. The van der Waals surface area contributed by atoms with E-state index in [-0.39, 0.29) is 23.9 Å².